The molecule has 0 aliphatic heterocycles. The van der Waals surface area contributed by atoms with Gasteiger partial charge in [-0.1, -0.05) is 395 Å². The van der Waals surface area contributed by atoms with Crippen LogP contribution in [0.15, 0.2) is 0 Å². The predicted octanol–water partition coefficient (Wildman–Crippen LogP) is 25.7. The second-order valence-electron chi connectivity index (χ2n) is 31.5. The maximum Gasteiger partial charge on any atom is 0.472 e. The van der Waals surface area contributed by atoms with Crippen LogP contribution in [0.5, 0.6) is 0 Å². The van der Waals surface area contributed by atoms with Gasteiger partial charge in [-0.3, -0.25) is 37.3 Å². The van der Waals surface area contributed by atoms with Crippen molar-refractivity contribution in [3.05, 3.63) is 0 Å². The molecule has 0 bridgehead atoms. The summed E-state index contributed by atoms with van der Waals surface area (Å²) in [5, 5.41) is 10.7. The molecule has 0 rings (SSSR count). The molecule has 3 N–H and O–H groups in total. The van der Waals surface area contributed by atoms with Crippen LogP contribution in [0.25, 0.3) is 0 Å². The second-order valence-corrected chi connectivity index (χ2v) is 34.4. The molecular weight excluding hydrogens is 1350 g/mol. The molecule has 104 heavy (non-hydrogen) atoms. The quantitative estimate of drug-likeness (QED) is 0.0222. The number of phosphoric acid groups is 2. The van der Waals surface area contributed by atoms with Crippen molar-refractivity contribution >= 4 is 39.5 Å². The molecule has 19 heteroatoms. The lowest BCUT2D eigenvalue weighted by molar-refractivity contribution is -0.161. The Bertz CT molecular complexity index is 2010. The molecule has 4 unspecified atom stereocenters. The average Bonchev–Trinajstić information content (AvgIpc) is 0.912. The molecule has 0 aliphatic rings. The van der Waals surface area contributed by atoms with Gasteiger partial charge in [-0.15, -0.1) is 0 Å². The number of esters is 4. The van der Waals surface area contributed by atoms with Gasteiger partial charge in [0.15, 0.2) is 12.2 Å². The summed E-state index contributed by atoms with van der Waals surface area (Å²) in [7, 11) is -9.93. The number of ether oxygens (including phenoxy) is 4. The lowest BCUT2D eigenvalue weighted by Gasteiger charge is -2.21. The standard InChI is InChI=1S/C85H166O17P2/c1-8-11-12-13-14-15-16-17-18-19-20-21-22-27-30-40-47-54-61-68-84(89)101-80(72-95-82(87)66-59-52-45-38-29-26-24-23-25-28-36-43-50-57-64-77(6)9-2)74-99-103(91,92)97-70-79(86)71-98-104(93,94)100-75-81(73-96-83(88)67-60-53-46-39-33-31-35-42-49-56-63-76(4)5)102-85(90)69-62-55-48-41-34-32-37-44-51-58-65-78(7)10-3/h76-81,86H,8-75H2,1-7H3,(H,91,92)(H,93,94)/t77?,78?,79-,80-,81-/m1/s1. The first-order chi connectivity index (χ1) is 50.3. The summed E-state index contributed by atoms with van der Waals surface area (Å²) in [4.78, 5) is 73.2. The summed E-state index contributed by atoms with van der Waals surface area (Å²) in [6.07, 6.45) is 65.0. The van der Waals surface area contributed by atoms with E-state index in [4.69, 9.17) is 37.0 Å². The van der Waals surface area contributed by atoms with Crippen molar-refractivity contribution < 1.29 is 80.2 Å². The van der Waals surface area contributed by atoms with E-state index in [0.717, 1.165) is 108 Å². The van der Waals surface area contributed by atoms with E-state index in [1.54, 1.807) is 0 Å². The van der Waals surface area contributed by atoms with Gasteiger partial charge in [0.05, 0.1) is 26.4 Å². The zero-order chi connectivity index (χ0) is 76.5. The minimum absolute atomic E-state index is 0.106. The van der Waals surface area contributed by atoms with Crippen molar-refractivity contribution in [2.45, 2.75) is 465 Å². The number of rotatable bonds is 83. The molecule has 7 atom stereocenters. The first kappa shape index (κ1) is 102. The van der Waals surface area contributed by atoms with Gasteiger partial charge in [-0.25, -0.2) is 9.13 Å². The SMILES string of the molecule is CCCCCCCCCCCCCCCCCCCCCC(=O)O[C@H](COC(=O)CCCCCCCCCCCCCCCCC(C)CC)COP(=O)(O)OC[C@@H](O)COP(=O)(O)OC[C@@H](COC(=O)CCCCCCCCCCCCC(C)C)OC(=O)CCCCCCCCCCCCC(C)CC. The maximum atomic E-state index is 13.1. The molecule has 618 valence electrons. The first-order valence-electron chi connectivity index (χ1n) is 43.9. The molecule has 0 aromatic heterocycles. The molecule has 0 saturated carbocycles. The smallest absolute Gasteiger partial charge is 0.462 e. The summed E-state index contributed by atoms with van der Waals surface area (Å²) in [5.74, 6) is 0.306. The zero-order valence-electron chi connectivity index (χ0n) is 68.5. The number of carbonyl (C=O) groups excluding carboxylic acids is 4. The van der Waals surface area contributed by atoms with Crippen molar-refractivity contribution in [2.75, 3.05) is 39.6 Å². The molecule has 0 spiro atoms. The number of hydrogen-bond donors (Lipinski definition) is 3. The zero-order valence-corrected chi connectivity index (χ0v) is 70.3. The topological polar surface area (TPSA) is 237 Å². The molecule has 0 radical (unpaired) electrons. The van der Waals surface area contributed by atoms with Crippen molar-refractivity contribution in [3.63, 3.8) is 0 Å². The molecule has 0 fully saturated rings. The van der Waals surface area contributed by atoms with E-state index < -0.39 is 97.5 Å². The minimum Gasteiger partial charge on any atom is -0.462 e. The number of aliphatic hydroxyl groups excluding tert-OH is 1. The van der Waals surface area contributed by atoms with Gasteiger partial charge in [0.2, 0.25) is 0 Å². The summed E-state index contributed by atoms with van der Waals surface area (Å²) < 4.78 is 68.9. The van der Waals surface area contributed by atoms with E-state index in [1.807, 2.05) is 0 Å². The molecule has 0 amide bonds. The lowest BCUT2D eigenvalue weighted by atomic mass is 9.99. The molecule has 0 saturated heterocycles. The van der Waals surface area contributed by atoms with Crippen LogP contribution in [-0.4, -0.2) is 96.7 Å². The largest absolute Gasteiger partial charge is 0.472 e. The van der Waals surface area contributed by atoms with Gasteiger partial charge < -0.3 is 33.8 Å². The predicted molar refractivity (Wildman–Crippen MR) is 428 cm³/mol. The Morgan fingerprint density at radius 3 is 0.731 bits per heavy atom. The first-order valence-corrected chi connectivity index (χ1v) is 46.9. The molecule has 0 heterocycles. The number of unbranched alkanes of at least 4 members (excludes halogenated alkanes) is 49. The van der Waals surface area contributed by atoms with Crippen LogP contribution in [0.4, 0.5) is 0 Å². The van der Waals surface area contributed by atoms with E-state index in [2.05, 4.69) is 48.5 Å². The number of hydrogen-bond acceptors (Lipinski definition) is 15. The third kappa shape index (κ3) is 75.5. The van der Waals surface area contributed by atoms with E-state index in [9.17, 15) is 43.2 Å². The Kier molecular flexibility index (Phi) is 73.7. The van der Waals surface area contributed by atoms with Gasteiger partial charge in [0.1, 0.15) is 19.3 Å². The van der Waals surface area contributed by atoms with Crippen LogP contribution in [-0.2, 0) is 65.4 Å². The van der Waals surface area contributed by atoms with Crippen LogP contribution >= 0.6 is 15.6 Å². The fourth-order valence-corrected chi connectivity index (χ4v) is 14.7. The Hall–Kier alpha value is -1.94. The van der Waals surface area contributed by atoms with Crippen LogP contribution in [0.2, 0.25) is 0 Å². The van der Waals surface area contributed by atoms with Gasteiger partial charge in [-0.05, 0) is 43.4 Å². The second kappa shape index (κ2) is 75.1. The highest BCUT2D eigenvalue weighted by Gasteiger charge is 2.30. The Morgan fingerprint density at radius 1 is 0.279 bits per heavy atom. The van der Waals surface area contributed by atoms with Crippen molar-refractivity contribution in [3.8, 4) is 0 Å². The van der Waals surface area contributed by atoms with Crippen molar-refractivity contribution in [1.29, 1.82) is 0 Å². The third-order valence-corrected chi connectivity index (χ3v) is 22.5. The van der Waals surface area contributed by atoms with E-state index in [0.29, 0.717) is 25.7 Å². The molecule has 0 aliphatic carbocycles. The van der Waals surface area contributed by atoms with Crippen LogP contribution in [0.1, 0.15) is 447 Å². The summed E-state index contributed by atoms with van der Waals surface area (Å²) in [6.45, 7) is 12.0. The van der Waals surface area contributed by atoms with Crippen LogP contribution in [0.3, 0.4) is 0 Å². The Morgan fingerprint density at radius 2 is 0.490 bits per heavy atom. The van der Waals surface area contributed by atoms with Crippen LogP contribution < -0.4 is 0 Å². The summed E-state index contributed by atoms with van der Waals surface area (Å²) in [6, 6.07) is 0. The highest BCUT2D eigenvalue weighted by atomic mass is 31.2. The fourth-order valence-electron chi connectivity index (χ4n) is 13.1. The van der Waals surface area contributed by atoms with Gasteiger partial charge in [0, 0.05) is 25.7 Å². The minimum atomic E-state index is -4.97. The third-order valence-electron chi connectivity index (χ3n) is 20.6. The fraction of sp³-hybridized carbons (Fsp3) is 0.953. The van der Waals surface area contributed by atoms with Crippen molar-refractivity contribution in [2.24, 2.45) is 17.8 Å². The average molecular weight is 1520 g/mol. The van der Waals surface area contributed by atoms with Gasteiger partial charge in [-0.2, -0.15) is 0 Å². The lowest BCUT2D eigenvalue weighted by Crippen LogP contribution is -2.30. The molecular formula is C85H166O17P2. The van der Waals surface area contributed by atoms with E-state index in [-0.39, 0.29) is 25.7 Å². The molecule has 0 aromatic rings. The van der Waals surface area contributed by atoms with E-state index in [1.165, 1.54) is 257 Å². The normalized spacial score (nSPS) is 14.4. The highest BCUT2D eigenvalue weighted by Crippen LogP contribution is 2.45. The Labute approximate surface area is 638 Å². The van der Waals surface area contributed by atoms with Gasteiger partial charge in [0.25, 0.3) is 0 Å². The molecule has 17 nitrogen and oxygen atoms in total. The number of phosphoric ester groups is 2. The number of aliphatic hydroxyl groups is 1. The van der Waals surface area contributed by atoms with Crippen molar-refractivity contribution in [1.82, 2.24) is 0 Å². The van der Waals surface area contributed by atoms with Crippen LogP contribution in [0, 0.1) is 17.8 Å². The highest BCUT2D eigenvalue weighted by molar-refractivity contribution is 7.47. The summed E-state index contributed by atoms with van der Waals surface area (Å²) >= 11 is 0. The molecule has 0 aromatic carbocycles. The van der Waals surface area contributed by atoms with E-state index >= 15 is 0 Å². The van der Waals surface area contributed by atoms with Gasteiger partial charge >= 0.3 is 39.5 Å². The number of carbonyl (C=O) groups is 4. The summed E-state index contributed by atoms with van der Waals surface area (Å²) in [5.41, 5.74) is 0. The Balaban J connectivity index is 5.27. The maximum absolute atomic E-state index is 13.1. The monoisotopic (exact) mass is 1520 g/mol.